The van der Waals surface area contributed by atoms with Crippen LogP contribution in [-0.4, -0.2) is 27.4 Å². The van der Waals surface area contributed by atoms with Gasteiger partial charge in [0.15, 0.2) is 0 Å². The number of thiophene rings is 1. The van der Waals surface area contributed by atoms with Gasteiger partial charge in [-0.3, -0.25) is 4.21 Å². The second-order valence-corrected chi connectivity index (χ2v) is 10.3. The molecule has 3 nitrogen and oxygen atoms in total. The van der Waals surface area contributed by atoms with E-state index < -0.39 is 10.8 Å². The van der Waals surface area contributed by atoms with Crippen LogP contribution in [0, 0.1) is 10.8 Å². The molecule has 2 unspecified atom stereocenters. The van der Waals surface area contributed by atoms with E-state index in [0.717, 1.165) is 4.21 Å². The lowest BCUT2D eigenvalue weighted by atomic mass is 9.86. The molecule has 0 saturated heterocycles. The van der Waals surface area contributed by atoms with E-state index in [9.17, 15) is 4.21 Å². The Morgan fingerprint density at radius 1 is 1.32 bits per heavy atom. The summed E-state index contributed by atoms with van der Waals surface area (Å²) in [5.41, 5.74) is 0.281. The third-order valence-corrected chi connectivity index (χ3v) is 5.90. The quantitative estimate of drug-likeness (QED) is 0.717. The van der Waals surface area contributed by atoms with Gasteiger partial charge in [-0.2, -0.15) is 0 Å². The van der Waals surface area contributed by atoms with Gasteiger partial charge in [0.05, 0.1) is 26.7 Å². The van der Waals surface area contributed by atoms with E-state index in [-0.39, 0.29) is 17.1 Å². The van der Waals surface area contributed by atoms with E-state index in [1.165, 1.54) is 11.3 Å². The minimum atomic E-state index is -0.969. The molecule has 22 heavy (non-hydrogen) atoms. The number of hydrogen-bond donors (Lipinski definition) is 1. The maximum Gasteiger partial charge on any atom is 0.0910 e. The Morgan fingerprint density at radius 2 is 1.95 bits per heavy atom. The lowest BCUT2D eigenvalue weighted by Gasteiger charge is -2.30. The first-order chi connectivity index (χ1) is 9.99. The summed E-state index contributed by atoms with van der Waals surface area (Å²) in [4.78, 5) is 0. The molecule has 0 amide bonds. The van der Waals surface area contributed by atoms with Gasteiger partial charge in [0.2, 0.25) is 0 Å². The molecule has 0 fully saturated rings. The fourth-order valence-corrected chi connectivity index (χ4v) is 4.17. The Balaban J connectivity index is 2.66. The van der Waals surface area contributed by atoms with Crippen LogP contribution in [0.1, 0.15) is 54.4 Å². The molecular weight excluding hydrogens is 314 g/mol. The first-order valence-corrected chi connectivity index (χ1v) is 9.86. The molecule has 0 aromatic carbocycles. The van der Waals surface area contributed by atoms with Crippen molar-refractivity contribution in [2.75, 3.05) is 5.75 Å². The molecule has 1 N–H and O–H groups in total. The summed E-state index contributed by atoms with van der Waals surface area (Å²) in [6.45, 7) is 12.2. The molecule has 126 valence electrons. The van der Waals surface area contributed by atoms with E-state index >= 15 is 0 Å². The highest BCUT2D eigenvalue weighted by atomic mass is 32.2. The summed E-state index contributed by atoms with van der Waals surface area (Å²) < 4.78 is 19.3. The van der Waals surface area contributed by atoms with Crippen molar-refractivity contribution in [2.45, 2.75) is 70.3 Å². The maximum absolute atomic E-state index is 12.3. The predicted octanol–water partition coefficient (Wildman–Crippen LogP) is 4.89. The van der Waals surface area contributed by atoms with Gasteiger partial charge in [0, 0.05) is 17.9 Å². The summed E-state index contributed by atoms with van der Waals surface area (Å²) in [5, 5.41) is 10.2. The van der Waals surface area contributed by atoms with Gasteiger partial charge in [0.25, 0.3) is 0 Å². The smallest absolute Gasteiger partial charge is 0.0910 e. The lowest BCUT2D eigenvalue weighted by molar-refractivity contribution is -0.0576. The van der Waals surface area contributed by atoms with E-state index in [1.807, 2.05) is 59.1 Å². The van der Waals surface area contributed by atoms with E-state index in [1.54, 1.807) is 0 Å². The molecule has 0 bridgehead atoms. The molecule has 0 aliphatic carbocycles. The van der Waals surface area contributed by atoms with Crippen LogP contribution in [0.3, 0.4) is 0 Å². The molecule has 1 heterocycles. The molecule has 0 saturated carbocycles. The zero-order valence-electron chi connectivity index (χ0n) is 14.6. The first-order valence-electron chi connectivity index (χ1n) is 7.66. The fourth-order valence-electron chi connectivity index (χ4n) is 1.97. The highest BCUT2D eigenvalue weighted by Crippen LogP contribution is 2.24. The summed E-state index contributed by atoms with van der Waals surface area (Å²) in [7, 11) is -0.969. The lowest BCUT2D eigenvalue weighted by Crippen LogP contribution is -2.33. The van der Waals surface area contributed by atoms with Crippen LogP contribution in [0.4, 0.5) is 0 Å². The van der Waals surface area contributed by atoms with Crippen LogP contribution in [0.5, 0.6) is 0 Å². The van der Waals surface area contributed by atoms with Crippen LogP contribution >= 0.6 is 11.3 Å². The third kappa shape index (κ3) is 7.16. The summed E-state index contributed by atoms with van der Waals surface area (Å²) in [6, 6.07) is 3.84. The van der Waals surface area contributed by atoms with E-state index in [2.05, 4.69) is 0 Å². The summed E-state index contributed by atoms with van der Waals surface area (Å²) in [5.74, 6) is 0.582. The molecule has 1 rings (SSSR count). The van der Waals surface area contributed by atoms with Gasteiger partial charge in [-0.15, -0.1) is 11.3 Å². The van der Waals surface area contributed by atoms with Crippen LogP contribution in [0.15, 0.2) is 21.7 Å². The topological polar surface area (TPSA) is 50.2 Å². The van der Waals surface area contributed by atoms with Crippen LogP contribution in [0.25, 0.3) is 0 Å². The Labute approximate surface area is 141 Å². The Hall–Kier alpha value is -0.520. The SMILES string of the molecule is CC(C)(C)OC(CCS(=O)c1cccs1)CC(=N)C(C)(C)C. The number of nitrogens with one attached hydrogen (secondary N) is 1. The highest BCUT2D eigenvalue weighted by Gasteiger charge is 2.25. The van der Waals surface area contributed by atoms with Crippen molar-refractivity contribution in [2.24, 2.45) is 5.41 Å². The molecule has 5 heteroatoms. The molecule has 0 radical (unpaired) electrons. The maximum atomic E-state index is 12.3. The van der Waals surface area contributed by atoms with Crippen molar-refractivity contribution >= 4 is 27.8 Å². The molecular formula is C17H29NO2S2. The van der Waals surface area contributed by atoms with E-state index in [0.29, 0.717) is 24.3 Å². The van der Waals surface area contributed by atoms with Gasteiger partial charge < -0.3 is 10.1 Å². The van der Waals surface area contributed by atoms with Crippen molar-refractivity contribution < 1.29 is 8.95 Å². The third-order valence-electron chi connectivity index (χ3n) is 3.20. The monoisotopic (exact) mass is 343 g/mol. The minimum absolute atomic E-state index is 0.0596. The van der Waals surface area contributed by atoms with Gasteiger partial charge in [-0.05, 0) is 44.1 Å². The van der Waals surface area contributed by atoms with Crippen molar-refractivity contribution in [3.05, 3.63) is 17.5 Å². The van der Waals surface area contributed by atoms with Crippen molar-refractivity contribution in [3.63, 3.8) is 0 Å². The van der Waals surface area contributed by atoms with Gasteiger partial charge in [0.1, 0.15) is 0 Å². The Bertz CT molecular complexity index is 496. The molecule has 0 aliphatic rings. The Kier molecular flexibility index (Phi) is 6.96. The molecule has 0 spiro atoms. The number of ether oxygens (including phenoxy) is 1. The average molecular weight is 344 g/mol. The van der Waals surface area contributed by atoms with Gasteiger partial charge in [-0.1, -0.05) is 26.8 Å². The minimum Gasteiger partial charge on any atom is -0.372 e. The molecule has 2 atom stereocenters. The molecule has 1 aromatic rings. The fraction of sp³-hybridized carbons (Fsp3) is 0.706. The van der Waals surface area contributed by atoms with Crippen molar-refractivity contribution in [1.82, 2.24) is 0 Å². The van der Waals surface area contributed by atoms with Gasteiger partial charge in [-0.25, -0.2) is 0 Å². The average Bonchev–Trinajstić information content (AvgIpc) is 2.86. The summed E-state index contributed by atoms with van der Waals surface area (Å²) in [6.07, 6.45) is 1.25. The zero-order valence-corrected chi connectivity index (χ0v) is 16.2. The van der Waals surface area contributed by atoms with Gasteiger partial charge >= 0.3 is 0 Å². The van der Waals surface area contributed by atoms with Crippen LogP contribution < -0.4 is 0 Å². The second kappa shape index (κ2) is 7.84. The van der Waals surface area contributed by atoms with E-state index in [4.69, 9.17) is 10.1 Å². The van der Waals surface area contributed by atoms with Crippen molar-refractivity contribution in [1.29, 1.82) is 5.41 Å². The Morgan fingerprint density at radius 3 is 2.41 bits per heavy atom. The second-order valence-electron chi connectivity index (χ2n) is 7.56. The standard InChI is InChI=1S/C17H29NO2S2/c1-16(2,3)14(18)12-13(20-17(4,5)6)9-11-22(19)15-8-7-10-21-15/h7-8,10,13,18H,9,11-12H2,1-6H3. The predicted molar refractivity (Wildman–Crippen MR) is 96.6 cm³/mol. The molecule has 0 aliphatic heterocycles. The first kappa shape index (κ1) is 19.5. The largest absolute Gasteiger partial charge is 0.372 e. The highest BCUT2D eigenvalue weighted by molar-refractivity contribution is 7.87. The number of hydrogen-bond acceptors (Lipinski definition) is 4. The zero-order chi connectivity index (χ0) is 17.0. The molecule has 1 aromatic heterocycles. The van der Waals surface area contributed by atoms with Crippen molar-refractivity contribution in [3.8, 4) is 0 Å². The number of rotatable bonds is 7. The van der Waals surface area contributed by atoms with Crippen LogP contribution in [0.2, 0.25) is 0 Å². The van der Waals surface area contributed by atoms with Crippen LogP contribution in [-0.2, 0) is 15.5 Å². The normalized spacial score (nSPS) is 15.5. The summed E-state index contributed by atoms with van der Waals surface area (Å²) >= 11 is 1.53.